The number of nitrogens with zero attached hydrogens (tertiary/aromatic N) is 5. The molecule has 28 heavy (non-hydrogen) atoms. The van der Waals surface area contributed by atoms with Crippen molar-refractivity contribution >= 4 is 0 Å². The fourth-order valence-electron chi connectivity index (χ4n) is 3.50. The third-order valence-corrected chi connectivity index (χ3v) is 5.03. The van der Waals surface area contributed by atoms with E-state index in [4.69, 9.17) is 14.0 Å². The average molecular weight is 381 g/mol. The molecule has 1 aromatic carbocycles. The number of aromatic nitrogens is 4. The van der Waals surface area contributed by atoms with Crippen LogP contribution in [-0.2, 0) is 6.54 Å². The molecule has 0 aliphatic carbocycles. The molecule has 3 aromatic rings. The lowest BCUT2D eigenvalue weighted by atomic mass is 9.96. The first-order valence-corrected chi connectivity index (χ1v) is 9.30. The first-order valence-electron chi connectivity index (χ1n) is 9.30. The summed E-state index contributed by atoms with van der Waals surface area (Å²) < 4.78 is 16.1. The van der Waals surface area contributed by atoms with Gasteiger partial charge in [-0.15, -0.1) is 0 Å². The van der Waals surface area contributed by atoms with E-state index < -0.39 is 0 Å². The van der Waals surface area contributed by atoms with Crippen LogP contribution in [0.25, 0.3) is 11.6 Å². The van der Waals surface area contributed by atoms with Crippen LogP contribution in [0.5, 0.6) is 11.5 Å². The number of hydrogen-bond acceptors (Lipinski definition) is 8. The summed E-state index contributed by atoms with van der Waals surface area (Å²) in [6.45, 7) is 2.84. The van der Waals surface area contributed by atoms with Gasteiger partial charge in [-0.1, -0.05) is 11.2 Å². The molecule has 1 saturated heterocycles. The summed E-state index contributed by atoms with van der Waals surface area (Å²) >= 11 is 0. The molecule has 8 heteroatoms. The van der Waals surface area contributed by atoms with Gasteiger partial charge in [0.15, 0.2) is 17.3 Å². The summed E-state index contributed by atoms with van der Waals surface area (Å²) in [4.78, 5) is 15.2. The van der Waals surface area contributed by atoms with Gasteiger partial charge in [0.05, 0.1) is 20.4 Å². The molecule has 0 amide bonds. The number of piperidine rings is 1. The van der Waals surface area contributed by atoms with Gasteiger partial charge in [0, 0.05) is 24.9 Å². The Morgan fingerprint density at radius 2 is 1.93 bits per heavy atom. The zero-order chi connectivity index (χ0) is 19.3. The van der Waals surface area contributed by atoms with Crippen LogP contribution in [0.1, 0.15) is 30.1 Å². The van der Waals surface area contributed by atoms with Crippen LogP contribution in [0.2, 0.25) is 0 Å². The first-order chi connectivity index (χ1) is 13.8. The molecule has 0 saturated carbocycles. The SMILES string of the molecule is COc1ccc(CN2CCC(c3noc(-c4cnccn4)n3)CC2)cc1OC. The average Bonchev–Trinajstić information content (AvgIpc) is 3.25. The van der Waals surface area contributed by atoms with Crippen molar-refractivity contribution in [1.82, 2.24) is 25.0 Å². The zero-order valence-corrected chi connectivity index (χ0v) is 16.0. The second kappa shape index (κ2) is 8.35. The number of methoxy groups -OCH3 is 2. The van der Waals surface area contributed by atoms with Crippen molar-refractivity contribution in [3.8, 4) is 23.1 Å². The van der Waals surface area contributed by atoms with Crippen molar-refractivity contribution in [3.05, 3.63) is 48.2 Å². The lowest BCUT2D eigenvalue weighted by Gasteiger charge is -2.30. The first kappa shape index (κ1) is 18.4. The highest BCUT2D eigenvalue weighted by molar-refractivity contribution is 5.44. The second-order valence-corrected chi connectivity index (χ2v) is 6.79. The van der Waals surface area contributed by atoms with Crippen LogP contribution in [0.15, 0.2) is 41.3 Å². The molecule has 1 aliphatic heterocycles. The fourth-order valence-corrected chi connectivity index (χ4v) is 3.50. The Morgan fingerprint density at radius 3 is 2.64 bits per heavy atom. The molecule has 3 heterocycles. The van der Waals surface area contributed by atoms with E-state index >= 15 is 0 Å². The Kier molecular flexibility index (Phi) is 5.48. The van der Waals surface area contributed by atoms with Crippen molar-refractivity contribution < 1.29 is 14.0 Å². The maximum atomic E-state index is 5.40. The summed E-state index contributed by atoms with van der Waals surface area (Å²) in [5.74, 6) is 3.00. The van der Waals surface area contributed by atoms with Crippen molar-refractivity contribution in [2.24, 2.45) is 0 Å². The quantitative estimate of drug-likeness (QED) is 0.644. The van der Waals surface area contributed by atoms with Gasteiger partial charge in [0.25, 0.3) is 5.89 Å². The van der Waals surface area contributed by atoms with Gasteiger partial charge in [-0.25, -0.2) is 4.98 Å². The van der Waals surface area contributed by atoms with E-state index in [1.54, 1.807) is 32.8 Å². The van der Waals surface area contributed by atoms with Crippen molar-refractivity contribution in [3.63, 3.8) is 0 Å². The van der Waals surface area contributed by atoms with E-state index in [9.17, 15) is 0 Å². The van der Waals surface area contributed by atoms with Crippen LogP contribution < -0.4 is 9.47 Å². The molecule has 1 fully saturated rings. The van der Waals surface area contributed by atoms with Crippen LogP contribution in [0.3, 0.4) is 0 Å². The third kappa shape index (κ3) is 3.96. The van der Waals surface area contributed by atoms with Gasteiger partial charge in [0.1, 0.15) is 5.69 Å². The number of benzene rings is 1. The maximum Gasteiger partial charge on any atom is 0.278 e. The summed E-state index contributed by atoms with van der Waals surface area (Å²) in [6, 6.07) is 6.07. The molecule has 8 nitrogen and oxygen atoms in total. The van der Waals surface area contributed by atoms with Gasteiger partial charge in [0.2, 0.25) is 0 Å². The second-order valence-electron chi connectivity index (χ2n) is 6.79. The Morgan fingerprint density at radius 1 is 1.11 bits per heavy atom. The van der Waals surface area contributed by atoms with Crippen LogP contribution in [0, 0.1) is 0 Å². The largest absolute Gasteiger partial charge is 0.493 e. The summed E-state index contributed by atoms with van der Waals surface area (Å²) in [5, 5.41) is 4.16. The van der Waals surface area contributed by atoms with E-state index in [-0.39, 0.29) is 0 Å². The highest BCUT2D eigenvalue weighted by Crippen LogP contribution is 2.30. The molecule has 4 rings (SSSR count). The van der Waals surface area contributed by atoms with E-state index in [2.05, 4.69) is 31.1 Å². The minimum atomic E-state index is 0.302. The number of likely N-dealkylation sites (tertiary alicyclic amines) is 1. The highest BCUT2D eigenvalue weighted by atomic mass is 16.5. The molecule has 0 bridgehead atoms. The van der Waals surface area contributed by atoms with Gasteiger partial charge in [-0.2, -0.15) is 4.98 Å². The monoisotopic (exact) mass is 381 g/mol. The van der Waals surface area contributed by atoms with Gasteiger partial charge in [-0.05, 0) is 43.6 Å². The van der Waals surface area contributed by atoms with Crippen molar-refractivity contribution in [1.29, 1.82) is 0 Å². The van der Waals surface area contributed by atoms with E-state index in [0.717, 1.165) is 49.8 Å². The standard InChI is InChI=1S/C20H23N5O3/c1-26-17-4-3-14(11-18(17)27-2)13-25-9-5-15(6-10-25)19-23-20(28-24-19)16-12-21-7-8-22-16/h3-4,7-8,11-12,15H,5-6,9-10,13H2,1-2H3. The van der Waals surface area contributed by atoms with Crippen LogP contribution >= 0.6 is 0 Å². The normalized spacial score (nSPS) is 15.5. The predicted octanol–water partition coefficient (Wildman–Crippen LogP) is 2.92. The molecule has 0 spiro atoms. The molecule has 1 aliphatic rings. The minimum Gasteiger partial charge on any atom is -0.493 e. The van der Waals surface area contributed by atoms with Gasteiger partial charge < -0.3 is 14.0 Å². The summed E-state index contributed by atoms with van der Waals surface area (Å²) in [5.41, 5.74) is 1.81. The molecule has 2 aromatic heterocycles. The Balaban J connectivity index is 1.36. The minimum absolute atomic E-state index is 0.302. The molecule has 0 unspecified atom stereocenters. The van der Waals surface area contributed by atoms with E-state index in [1.165, 1.54) is 5.56 Å². The van der Waals surface area contributed by atoms with E-state index in [0.29, 0.717) is 17.5 Å². The smallest absolute Gasteiger partial charge is 0.278 e. The number of rotatable bonds is 6. The molecule has 0 atom stereocenters. The van der Waals surface area contributed by atoms with Gasteiger partial charge in [-0.3, -0.25) is 9.88 Å². The fraction of sp³-hybridized carbons (Fsp3) is 0.400. The molecular weight excluding hydrogens is 358 g/mol. The van der Waals surface area contributed by atoms with Crippen LogP contribution in [-0.4, -0.2) is 52.3 Å². The van der Waals surface area contributed by atoms with Crippen molar-refractivity contribution in [2.45, 2.75) is 25.3 Å². The third-order valence-electron chi connectivity index (χ3n) is 5.03. The van der Waals surface area contributed by atoms with Gasteiger partial charge >= 0.3 is 0 Å². The van der Waals surface area contributed by atoms with Crippen molar-refractivity contribution in [2.75, 3.05) is 27.3 Å². The number of hydrogen-bond donors (Lipinski definition) is 0. The Labute approximate surface area is 163 Å². The number of ether oxygens (including phenoxy) is 2. The Bertz CT molecular complexity index is 907. The topological polar surface area (TPSA) is 86.4 Å². The molecular formula is C20H23N5O3. The summed E-state index contributed by atoms with van der Waals surface area (Å²) in [6.07, 6.45) is 6.85. The zero-order valence-electron chi connectivity index (χ0n) is 16.0. The molecule has 146 valence electrons. The van der Waals surface area contributed by atoms with Crippen LogP contribution in [0.4, 0.5) is 0 Å². The Hall–Kier alpha value is -3.00. The summed E-state index contributed by atoms with van der Waals surface area (Å²) in [7, 11) is 3.31. The lowest BCUT2D eigenvalue weighted by molar-refractivity contribution is 0.200. The van der Waals surface area contributed by atoms with E-state index in [1.807, 2.05) is 12.1 Å². The molecule has 0 radical (unpaired) electrons. The molecule has 0 N–H and O–H groups in total. The highest BCUT2D eigenvalue weighted by Gasteiger charge is 2.25. The predicted molar refractivity (Wildman–Crippen MR) is 102 cm³/mol. The maximum absolute atomic E-state index is 5.40. The lowest BCUT2D eigenvalue weighted by Crippen LogP contribution is -2.32.